The first-order valence-electron chi connectivity index (χ1n) is 10.6. The van der Waals surface area contributed by atoms with Crippen LogP contribution in [0.3, 0.4) is 0 Å². The molecule has 0 bridgehead atoms. The number of benzene rings is 2. The Labute approximate surface area is 194 Å². The van der Waals surface area contributed by atoms with E-state index in [0.29, 0.717) is 35.4 Å². The van der Waals surface area contributed by atoms with Crippen molar-refractivity contribution in [2.45, 2.75) is 30.4 Å². The van der Waals surface area contributed by atoms with Crippen molar-refractivity contribution in [1.82, 2.24) is 9.29 Å². The van der Waals surface area contributed by atoms with Gasteiger partial charge in [0, 0.05) is 42.8 Å². The summed E-state index contributed by atoms with van der Waals surface area (Å²) in [6.45, 7) is 0.265. The molecule has 2 aliphatic rings. The first kappa shape index (κ1) is 22.3. The molecular weight excluding hydrogens is 466 g/mol. The third-order valence-electron chi connectivity index (χ3n) is 5.87. The molecule has 0 aliphatic carbocycles. The summed E-state index contributed by atoms with van der Waals surface area (Å²) in [6, 6.07) is 10.1. The number of H-pyrrole nitrogens is 1. The van der Waals surface area contributed by atoms with Gasteiger partial charge >= 0.3 is 0 Å². The highest BCUT2D eigenvalue weighted by molar-refractivity contribution is 7.89. The van der Waals surface area contributed by atoms with Crippen LogP contribution < -0.4 is 15.0 Å². The SMILES string of the molecule is O=c1[nH]c2cc3c(cc2cc1CN(CC1CCCO1)S(=O)(=O)c1ccccc1[N+](=O)[O-])OCO3. The fourth-order valence-electron chi connectivity index (χ4n) is 4.18. The zero-order chi connectivity index (χ0) is 23.9. The maximum atomic E-state index is 13.6. The summed E-state index contributed by atoms with van der Waals surface area (Å²) in [5.74, 6) is 1.03. The minimum atomic E-state index is -4.33. The third kappa shape index (κ3) is 4.11. The largest absolute Gasteiger partial charge is 0.454 e. The Hall–Kier alpha value is -3.48. The normalized spacial score (nSPS) is 17.5. The number of aromatic amines is 1. The van der Waals surface area contributed by atoms with Crippen molar-refractivity contribution in [3.63, 3.8) is 0 Å². The first-order chi connectivity index (χ1) is 16.3. The number of nitro groups is 1. The summed E-state index contributed by atoms with van der Waals surface area (Å²) in [5, 5.41) is 12.1. The Morgan fingerprint density at radius 2 is 1.91 bits per heavy atom. The number of fused-ring (bicyclic) bond motifs is 2. The van der Waals surface area contributed by atoms with Gasteiger partial charge < -0.3 is 19.2 Å². The lowest BCUT2D eigenvalue weighted by atomic mass is 10.1. The van der Waals surface area contributed by atoms with Gasteiger partial charge in [0.2, 0.25) is 16.8 Å². The van der Waals surface area contributed by atoms with Gasteiger partial charge in [-0.25, -0.2) is 8.42 Å². The third-order valence-corrected chi connectivity index (χ3v) is 7.73. The average Bonchev–Trinajstić information content (AvgIpc) is 3.49. The molecule has 1 N–H and O–H groups in total. The van der Waals surface area contributed by atoms with Crippen LogP contribution in [-0.2, 0) is 21.3 Å². The lowest BCUT2D eigenvalue weighted by Crippen LogP contribution is -2.38. The number of aromatic nitrogens is 1. The Bertz CT molecular complexity index is 1430. The van der Waals surface area contributed by atoms with Crippen LogP contribution in [0.15, 0.2) is 52.2 Å². The van der Waals surface area contributed by atoms with Crippen molar-refractivity contribution in [2.24, 2.45) is 0 Å². The zero-order valence-corrected chi connectivity index (χ0v) is 18.7. The van der Waals surface area contributed by atoms with Gasteiger partial charge in [-0.1, -0.05) is 12.1 Å². The van der Waals surface area contributed by atoms with Crippen LogP contribution in [-0.4, -0.2) is 48.7 Å². The summed E-state index contributed by atoms with van der Waals surface area (Å²) in [7, 11) is -4.33. The van der Waals surface area contributed by atoms with E-state index >= 15 is 0 Å². The quantitative estimate of drug-likeness (QED) is 0.396. The van der Waals surface area contributed by atoms with Crippen LogP contribution in [0.4, 0.5) is 5.69 Å². The molecule has 0 saturated carbocycles. The van der Waals surface area contributed by atoms with E-state index in [2.05, 4.69) is 4.98 Å². The maximum Gasteiger partial charge on any atom is 0.289 e. The van der Waals surface area contributed by atoms with Gasteiger partial charge in [-0.05, 0) is 31.0 Å². The van der Waals surface area contributed by atoms with E-state index in [1.807, 2.05) is 0 Å². The van der Waals surface area contributed by atoms with Crippen molar-refractivity contribution in [3.05, 3.63) is 68.5 Å². The molecule has 178 valence electrons. The highest BCUT2D eigenvalue weighted by Crippen LogP contribution is 2.35. The lowest BCUT2D eigenvalue weighted by molar-refractivity contribution is -0.387. The first-order valence-corrected chi connectivity index (χ1v) is 12.1. The number of ether oxygens (including phenoxy) is 3. The fraction of sp³-hybridized carbons (Fsp3) is 0.318. The molecule has 1 unspecified atom stereocenters. The van der Waals surface area contributed by atoms with Gasteiger partial charge in [-0.3, -0.25) is 14.9 Å². The molecule has 1 saturated heterocycles. The highest BCUT2D eigenvalue weighted by atomic mass is 32.2. The van der Waals surface area contributed by atoms with Crippen molar-refractivity contribution < 1.29 is 27.6 Å². The zero-order valence-electron chi connectivity index (χ0n) is 17.9. The number of rotatable bonds is 7. The number of nitrogens with one attached hydrogen (secondary N) is 1. The summed E-state index contributed by atoms with van der Waals surface area (Å²) >= 11 is 0. The summed E-state index contributed by atoms with van der Waals surface area (Å²) in [4.78, 5) is 26.0. The smallest absolute Gasteiger partial charge is 0.289 e. The number of pyridine rings is 1. The van der Waals surface area contributed by atoms with Gasteiger partial charge in [0.15, 0.2) is 16.4 Å². The predicted molar refractivity (Wildman–Crippen MR) is 120 cm³/mol. The Balaban J connectivity index is 1.56. The van der Waals surface area contributed by atoms with Crippen LogP contribution >= 0.6 is 0 Å². The number of nitrogens with zero attached hydrogens (tertiary/aromatic N) is 2. The highest BCUT2D eigenvalue weighted by Gasteiger charge is 2.34. The van der Waals surface area contributed by atoms with E-state index in [9.17, 15) is 23.3 Å². The van der Waals surface area contributed by atoms with E-state index in [-0.39, 0.29) is 31.5 Å². The summed E-state index contributed by atoms with van der Waals surface area (Å²) in [6.07, 6.45) is 1.07. The Morgan fingerprint density at radius 3 is 2.65 bits per heavy atom. The van der Waals surface area contributed by atoms with Crippen molar-refractivity contribution in [3.8, 4) is 11.5 Å². The molecule has 5 rings (SSSR count). The summed E-state index contributed by atoms with van der Waals surface area (Å²) < 4.78 is 44.6. The second kappa shape index (κ2) is 8.70. The monoisotopic (exact) mass is 487 g/mol. The number of nitro benzene ring substituents is 1. The predicted octanol–water partition coefficient (Wildman–Crippen LogP) is 2.53. The molecule has 2 aliphatic heterocycles. The molecule has 0 spiro atoms. The van der Waals surface area contributed by atoms with E-state index < -0.39 is 31.1 Å². The molecule has 2 aromatic carbocycles. The molecule has 34 heavy (non-hydrogen) atoms. The minimum Gasteiger partial charge on any atom is -0.454 e. The molecule has 1 atom stereocenters. The van der Waals surface area contributed by atoms with Gasteiger partial charge in [0.25, 0.3) is 11.2 Å². The van der Waals surface area contributed by atoms with Crippen LogP contribution in [0.1, 0.15) is 18.4 Å². The molecule has 12 heteroatoms. The van der Waals surface area contributed by atoms with Crippen molar-refractivity contribution >= 4 is 26.6 Å². The Kier molecular flexibility index (Phi) is 5.71. The summed E-state index contributed by atoms with van der Waals surface area (Å²) in [5.41, 5.74) is -0.293. The molecule has 0 radical (unpaired) electrons. The number of para-hydroxylation sites is 1. The van der Waals surface area contributed by atoms with E-state index in [1.54, 1.807) is 18.2 Å². The minimum absolute atomic E-state index is 0.0347. The topological polar surface area (TPSA) is 141 Å². The van der Waals surface area contributed by atoms with Crippen LogP contribution in [0.2, 0.25) is 0 Å². The fourth-order valence-corrected chi connectivity index (χ4v) is 5.78. The standard InChI is InChI=1S/C22H21N3O8S/c26-22-15(8-14-9-19-20(33-13-32-19)10-17(14)23-22)11-24(12-16-4-3-7-31-16)34(29,30)21-6-2-1-5-18(21)25(27)28/h1-2,5-6,8-10,16H,3-4,7,11-13H2,(H,23,26). The van der Waals surface area contributed by atoms with Crippen molar-refractivity contribution in [1.29, 1.82) is 0 Å². The van der Waals surface area contributed by atoms with Crippen LogP contribution in [0.5, 0.6) is 11.5 Å². The molecule has 1 aromatic heterocycles. The van der Waals surface area contributed by atoms with Crippen LogP contribution in [0.25, 0.3) is 10.9 Å². The molecular formula is C22H21N3O8S. The second-order valence-electron chi connectivity index (χ2n) is 8.07. The Morgan fingerprint density at radius 1 is 1.15 bits per heavy atom. The lowest BCUT2D eigenvalue weighted by Gasteiger charge is -2.24. The molecule has 3 aromatic rings. The van der Waals surface area contributed by atoms with E-state index in [0.717, 1.165) is 16.8 Å². The molecule has 0 amide bonds. The number of sulfonamides is 1. The van der Waals surface area contributed by atoms with Gasteiger partial charge in [-0.15, -0.1) is 0 Å². The van der Waals surface area contributed by atoms with Gasteiger partial charge in [0.1, 0.15) is 0 Å². The van der Waals surface area contributed by atoms with E-state index in [4.69, 9.17) is 14.2 Å². The average molecular weight is 487 g/mol. The molecule has 1 fully saturated rings. The van der Waals surface area contributed by atoms with E-state index in [1.165, 1.54) is 18.2 Å². The van der Waals surface area contributed by atoms with Gasteiger partial charge in [0.05, 0.1) is 16.5 Å². The number of hydrogen-bond acceptors (Lipinski definition) is 8. The molecule has 3 heterocycles. The molecule has 11 nitrogen and oxygen atoms in total. The van der Waals surface area contributed by atoms with Crippen molar-refractivity contribution in [2.75, 3.05) is 19.9 Å². The number of hydrogen-bond donors (Lipinski definition) is 1. The maximum absolute atomic E-state index is 13.6. The second-order valence-corrected chi connectivity index (χ2v) is 9.98. The van der Waals surface area contributed by atoms with Gasteiger partial charge in [-0.2, -0.15) is 4.31 Å². The van der Waals surface area contributed by atoms with Crippen LogP contribution in [0, 0.1) is 10.1 Å².